The summed E-state index contributed by atoms with van der Waals surface area (Å²) in [4.78, 5) is 15.1. The van der Waals surface area contributed by atoms with Crippen LogP contribution in [0, 0.1) is 0 Å². The first-order valence-electron chi connectivity index (χ1n) is 5.93. The van der Waals surface area contributed by atoms with Crippen LogP contribution in [0.1, 0.15) is 17.7 Å². The zero-order valence-corrected chi connectivity index (χ0v) is 10.7. The molecule has 3 nitrogen and oxygen atoms in total. The van der Waals surface area contributed by atoms with Crippen LogP contribution in [0.15, 0.2) is 30.2 Å². The van der Waals surface area contributed by atoms with E-state index in [2.05, 4.69) is 28.2 Å². The zero-order chi connectivity index (χ0) is 12.1. The maximum absolute atomic E-state index is 11.7. The minimum atomic E-state index is 0.130. The molecular formula is C13H18N2OS. The summed E-state index contributed by atoms with van der Waals surface area (Å²) in [5, 5.41) is 5.07. The predicted octanol–water partition coefficient (Wildman–Crippen LogP) is 2.01. The van der Waals surface area contributed by atoms with Crippen LogP contribution >= 0.6 is 11.3 Å². The standard InChI is InChI=1S/C13H18N2OS/c1-2-7-15(9-12-4-3-8-17-12)10-13(16)14-11-5-6-11/h2-4,8,11H,1,5-7,9-10H2,(H,14,16). The van der Waals surface area contributed by atoms with Gasteiger partial charge in [-0.25, -0.2) is 0 Å². The summed E-state index contributed by atoms with van der Waals surface area (Å²) >= 11 is 1.72. The molecule has 1 N–H and O–H groups in total. The van der Waals surface area contributed by atoms with Crippen molar-refractivity contribution < 1.29 is 4.79 Å². The van der Waals surface area contributed by atoms with Crippen LogP contribution in [-0.2, 0) is 11.3 Å². The molecule has 1 aromatic heterocycles. The molecule has 0 spiro atoms. The molecule has 1 fully saturated rings. The van der Waals surface area contributed by atoms with Gasteiger partial charge in [-0.05, 0) is 24.3 Å². The monoisotopic (exact) mass is 250 g/mol. The summed E-state index contributed by atoms with van der Waals surface area (Å²) in [6.07, 6.45) is 4.12. The van der Waals surface area contributed by atoms with E-state index in [0.29, 0.717) is 12.6 Å². The van der Waals surface area contributed by atoms with Gasteiger partial charge in [0.15, 0.2) is 0 Å². The highest BCUT2D eigenvalue weighted by molar-refractivity contribution is 7.09. The fourth-order valence-electron chi connectivity index (χ4n) is 1.69. The lowest BCUT2D eigenvalue weighted by Crippen LogP contribution is -2.37. The zero-order valence-electron chi connectivity index (χ0n) is 9.89. The molecule has 0 bridgehead atoms. The second-order valence-corrected chi connectivity index (χ2v) is 5.41. The number of carbonyl (C=O) groups excluding carboxylic acids is 1. The van der Waals surface area contributed by atoms with Gasteiger partial charge < -0.3 is 5.32 Å². The normalized spacial score (nSPS) is 14.9. The molecule has 0 aromatic carbocycles. The van der Waals surface area contributed by atoms with Crippen molar-refractivity contribution in [2.75, 3.05) is 13.1 Å². The van der Waals surface area contributed by atoms with Gasteiger partial charge in [-0.15, -0.1) is 17.9 Å². The number of hydrogen-bond donors (Lipinski definition) is 1. The second kappa shape index (κ2) is 5.98. The predicted molar refractivity (Wildman–Crippen MR) is 71.0 cm³/mol. The van der Waals surface area contributed by atoms with E-state index < -0.39 is 0 Å². The van der Waals surface area contributed by atoms with Crippen molar-refractivity contribution in [3.63, 3.8) is 0 Å². The molecule has 1 amide bonds. The Bertz CT molecular complexity index is 371. The van der Waals surface area contributed by atoms with E-state index in [0.717, 1.165) is 25.9 Å². The third kappa shape index (κ3) is 4.32. The SMILES string of the molecule is C=CCN(CC(=O)NC1CC1)Cc1cccs1. The summed E-state index contributed by atoms with van der Waals surface area (Å²) in [5.74, 6) is 0.130. The van der Waals surface area contributed by atoms with Gasteiger partial charge in [0.25, 0.3) is 0 Å². The Kier molecular flexibility index (Phi) is 4.34. The smallest absolute Gasteiger partial charge is 0.234 e. The summed E-state index contributed by atoms with van der Waals surface area (Å²) in [5.41, 5.74) is 0. The van der Waals surface area contributed by atoms with Gasteiger partial charge >= 0.3 is 0 Å². The number of nitrogens with zero attached hydrogens (tertiary/aromatic N) is 1. The molecule has 2 rings (SSSR count). The van der Waals surface area contributed by atoms with E-state index >= 15 is 0 Å². The van der Waals surface area contributed by atoms with Crippen LogP contribution < -0.4 is 5.32 Å². The van der Waals surface area contributed by atoms with Crippen LogP contribution in [0.3, 0.4) is 0 Å². The van der Waals surface area contributed by atoms with Gasteiger partial charge in [0.1, 0.15) is 0 Å². The maximum Gasteiger partial charge on any atom is 0.234 e. The molecule has 0 aliphatic heterocycles. The molecule has 0 unspecified atom stereocenters. The van der Waals surface area contributed by atoms with E-state index in [4.69, 9.17) is 0 Å². The van der Waals surface area contributed by atoms with E-state index in [1.165, 1.54) is 4.88 Å². The maximum atomic E-state index is 11.7. The molecule has 1 aliphatic rings. The fraction of sp³-hybridized carbons (Fsp3) is 0.462. The van der Waals surface area contributed by atoms with E-state index in [1.54, 1.807) is 11.3 Å². The van der Waals surface area contributed by atoms with Gasteiger partial charge in [-0.1, -0.05) is 12.1 Å². The van der Waals surface area contributed by atoms with Gasteiger partial charge in [0, 0.05) is 24.0 Å². The highest BCUT2D eigenvalue weighted by atomic mass is 32.1. The molecule has 17 heavy (non-hydrogen) atoms. The lowest BCUT2D eigenvalue weighted by atomic mass is 10.3. The van der Waals surface area contributed by atoms with Crippen molar-refractivity contribution in [2.24, 2.45) is 0 Å². The Morgan fingerprint density at radius 3 is 3.06 bits per heavy atom. The largest absolute Gasteiger partial charge is 0.352 e. The Balaban J connectivity index is 1.82. The molecular weight excluding hydrogens is 232 g/mol. The highest BCUT2D eigenvalue weighted by Crippen LogP contribution is 2.18. The van der Waals surface area contributed by atoms with Crippen molar-refractivity contribution in [3.05, 3.63) is 35.0 Å². The number of amides is 1. The third-order valence-corrected chi connectivity index (χ3v) is 3.52. The summed E-state index contributed by atoms with van der Waals surface area (Å²) in [6.45, 7) is 5.77. The van der Waals surface area contributed by atoms with Gasteiger partial charge in [-0.2, -0.15) is 0 Å². The molecule has 1 aromatic rings. The Morgan fingerprint density at radius 2 is 2.47 bits per heavy atom. The molecule has 1 heterocycles. The minimum absolute atomic E-state index is 0.130. The Labute approximate surface area is 106 Å². The lowest BCUT2D eigenvalue weighted by Gasteiger charge is -2.19. The van der Waals surface area contributed by atoms with Crippen molar-refractivity contribution in [3.8, 4) is 0 Å². The first-order valence-corrected chi connectivity index (χ1v) is 6.81. The van der Waals surface area contributed by atoms with E-state index in [9.17, 15) is 4.79 Å². The third-order valence-electron chi connectivity index (χ3n) is 2.66. The average molecular weight is 250 g/mol. The first-order chi connectivity index (χ1) is 8.28. The van der Waals surface area contributed by atoms with Crippen LogP contribution in [0.25, 0.3) is 0 Å². The number of rotatable bonds is 7. The summed E-state index contributed by atoms with van der Waals surface area (Å²) < 4.78 is 0. The van der Waals surface area contributed by atoms with Crippen LogP contribution in [0.5, 0.6) is 0 Å². The molecule has 92 valence electrons. The second-order valence-electron chi connectivity index (χ2n) is 4.38. The fourth-order valence-corrected chi connectivity index (χ4v) is 2.44. The van der Waals surface area contributed by atoms with Crippen molar-refractivity contribution in [2.45, 2.75) is 25.4 Å². The molecule has 0 saturated heterocycles. The highest BCUT2D eigenvalue weighted by Gasteiger charge is 2.23. The first kappa shape index (κ1) is 12.3. The number of carbonyl (C=O) groups is 1. The Morgan fingerprint density at radius 1 is 1.65 bits per heavy atom. The minimum Gasteiger partial charge on any atom is -0.352 e. The number of thiophene rings is 1. The summed E-state index contributed by atoms with van der Waals surface area (Å²) in [6, 6.07) is 4.57. The molecule has 1 saturated carbocycles. The van der Waals surface area contributed by atoms with E-state index in [-0.39, 0.29) is 5.91 Å². The summed E-state index contributed by atoms with van der Waals surface area (Å²) in [7, 11) is 0. The van der Waals surface area contributed by atoms with Crippen molar-refractivity contribution in [1.82, 2.24) is 10.2 Å². The van der Waals surface area contributed by atoms with Gasteiger partial charge in [-0.3, -0.25) is 9.69 Å². The number of hydrogen-bond acceptors (Lipinski definition) is 3. The van der Waals surface area contributed by atoms with E-state index in [1.807, 2.05) is 12.1 Å². The van der Waals surface area contributed by atoms with Crippen LogP contribution in [0.4, 0.5) is 0 Å². The van der Waals surface area contributed by atoms with Crippen LogP contribution in [0.2, 0.25) is 0 Å². The molecule has 4 heteroatoms. The molecule has 0 atom stereocenters. The van der Waals surface area contributed by atoms with Crippen molar-refractivity contribution >= 4 is 17.2 Å². The quantitative estimate of drug-likeness (QED) is 0.751. The topological polar surface area (TPSA) is 32.3 Å². The Hall–Kier alpha value is -1.13. The van der Waals surface area contributed by atoms with Crippen molar-refractivity contribution in [1.29, 1.82) is 0 Å². The van der Waals surface area contributed by atoms with Gasteiger partial charge in [0.2, 0.25) is 5.91 Å². The lowest BCUT2D eigenvalue weighted by molar-refractivity contribution is -0.122. The molecule has 0 radical (unpaired) electrons. The van der Waals surface area contributed by atoms with Gasteiger partial charge in [0.05, 0.1) is 6.54 Å². The van der Waals surface area contributed by atoms with Crippen LogP contribution in [-0.4, -0.2) is 29.9 Å². The average Bonchev–Trinajstić information content (AvgIpc) is 2.93. The molecule has 1 aliphatic carbocycles. The number of nitrogens with one attached hydrogen (secondary N) is 1.